The molecule has 3 rings (SSSR count). The van der Waals surface area contributed by atoms with Crippen molar-refractivity contribution in [2.45, 2.75) is 50.3 Å². The van der Waals surface area contributed by atoms with Crippen LogP contribution in [0.15, 0.2) is 34.3 Å². The van der Waals surface area contributed by atoms with E-state index in [0.29, 0.717) is 18.5 Å². The van der Waals surface area contributed by atoms with Crippen molar-refractivity contribution in [1.82, 2.24) is 0 Å². The molecule has 2 aliphatic rings. The lowest BCUT2D eigenvalue weighted by atomic mass is 9.87. The van der Waals surface area contributed by atoms with Gasteiger partial charge in [-0.25, -0.2) is 4.99 Å². The van der Waals surface area contributed by atoms with Gasteiger partial charge < -0.3 is 16.2 Å². The maximum atomic E-state index is 13.0. The van der Waals surface area contributed by atoms with Gasteiger partial charge in [-0.3, -0.25) is 4.90 Å². The Kier molecular flexibility index (Phi) is 4.68. The van der Waals surface area contributed by atoms with E-state index >= 15 is 0 Å². The third-order valence-corrected chi connectivity index (χ3v) is 4.45. The van der Waals surface area contributed by atoms with Crippen LogP contribution in [0.5, 0.6) is 5.75 Å². The molecule has 1 fully saturated rings. The maximum absolute atomic E-state index is 13.0. The fourth-order valence-electron chi connectivity index (χ4n) is 3.36. The van der Waals surface area contributed by atoms with Gasteiger partial charge in [0.15, 0.2) is 0 Å². The molecule has 0 bridgehead atoms. The number of aliphatic imine (C=N–C) groups is 2. The first-order valence-electron chi connectivity index (χ1n) is 8.18. The number of rotatable bonds is 4. The number of halogens is 4. The van der Waals surface area contributed by atoms with Gasteiger partial charge >= 0.3 is 12.5 Å². The molecule has 0 atom stereocenters. The second kappa shape index (κ2) is 6.65. The molecule has 0 radical (unpaired) electrons. The lowest BCUT2D eigenvalue weighted by molar-refractivity contribution is -0.253. The second-order valence-corrected chi connectivity index (χ2v) is 6.28. The van der Waals surface area contributed by atoms with Gasteiger partial charge in [0.2, 0.25) is 11.9 Å². The summed E-state index contributed by atoms with van der Waals surface area (Å²) in [6, 6.07) is 5.26. The van der Waals surface area contributed by atoms with E-state index in [4.69, 9.17) is 11.5 Å². The van der Waals surface area contributed by atoms with Crippen LogP contribution in [0, 0.1) is 0 Å². The lowest BCUT2D eigenvalue weighted by Crippen LogP contribution is -2.58. The fourth-order valence-corrected chi connectivity index (χ4v) is 3.36. The second-order valence-electron chi connectivity index (χ2n) is 6.28. The van der Waals surface area contributed by atoms with Gasteiger partial charge in [-0.05, 0) is 49.9 Å². The van der Waals surface area contributed by atoms with Crippen LogP contribution in [0.1, 0.15) is 32.1 Å². The number of nitrogens with zero attached hydrogens (tertiary/aromatic N) is 3. The third-order valence-electron chi connectivity index (χ3n) is 4.45. The summed E-state index contributed by atoms with van der Waals surface area (Å²) in [6.07, 6.45) is -4.12. The number of alkyl halides is 4. The highest BCUT2D eigenvalue weighted by Crippen LogP contribution is 2.40. The average Bonchev–Trinajstić information content (AvgIpc) is 2.56. The Morgan fingerprint density at radius 2 is 1.69 bits per heavy atom. The summed E-state index contributed by atoms with van der Waals surface area (Å²) in [5.74, 6) is -0.143. The molecule has 1 aliphatic heterocycles. The van der Waals surface area contributed by atoms with Crippen LogP contribution < -0.4 is 21.1 Å². The minimum Gasteiger partial charge on any atom is -0.428 e. The molecule has 1 spiro atoms. The van der Waals surface area contributed by atoms with Crippen molar-refractivity contribution >= 4 is 17.6 Å². The van der Waals surface area contributed by atoms with Crippen molar-refractivity contribution in [1.29, 1.82) is 0 Å². The smallest absolute Gasteiger partial charge is 0.428 e. The van der Waals surface area contributed by atoms with Crippen LogP contribution in [-0.2, 0) is 0 Å². The fraction of sp³-hybridized carbons (Fsp3) is 0.500. The Morgan fingerprint density at radius 3 is 2.27 bits per heavy atom. The van der Waals surface area contributed by atoms with Gasteiger partial charge in [0.25, 0.3) is 0 Å². The number of hydrogen-bond acceptors (Lipinski definition) is 6. The van der Waals surface area contributed by atoms with E-state index in [1.807, 2.05) is 0 Å². The molecule has 10 heteroatoms. The first kappa shape index (κ1) is 18.3. The van der Waals surface area contributed by atoms with Crippen LogP contribution in [0.25, 0.3) is 0 Å². The molecule has 0 amide bonds. The molecular formula is C16H19F4N5O. The zero-order valence-corrected chi connectivity index (χ0v) is 13.8. The Hall–Kier alpha value is -2.52. The van der Waals surface area contributed by atoms with Gasteiger partial charge in [0, 0.05) is 5.69 Å². The molecule has 4 N–H and O–H groups in total. The highest BCUT2D eigenvalue weighted by atomic mass is 19.3. The average molecular weight is 373 g/mol. The standard InChI is InChI=1S/C16H19F4N5O/c17-12(18)16(19,20)26-11-6-4-10(5-7-11)25-14(22)23-13(21)24-15(25)8-2-1-3-9-15/h4-7,12H,1-3,8-9H2,(H4,21,22,23,24). The van der Waals surface area contributed by atoms with Gasteiger partial charge in [-0.2, -0.15) is 22.6 Å². The third kappa shape index (κ3) is 3.40. The normalized spacial score (nSPS) is 20.1. The molecule has 1 heterocycles. The van der Waals surface area contributed by atoms with Crippen LogP contribution in [0.4, 0.5) is 23.2 Å². The first-order valence-corrected chi connectivity index (χ1v) is 8.18. The Bertz CT molecular complexity index is 714. The van der Waals surface area contributed by atoms with Crippen LogP contribution >= 0.6 is 0 Å². The van der Waals surface area contributed by atoms with E-state index in [1.165, 1.54) is 24.3 Å². The number of ether oxygens (including phenoxy) is 1. The zero-order valence-electron chi connectivity index (χ0n) is 13.8. The number of guanidine groups is 2. The Morgan fingerprint density at radius 1 is 1.08 bits per heavy atom. The topological polar surface area (TPSA) is 89.2 Å². The number of hydrogen-bond donors (Lipinski definition) is 2. The number of benzene rings is 1. The van der Waals surface area contributed by atoms with E-state index in [9.17, 15) is 17.6 Å². The summed E-state index contributed by atoms with van der Waals surface area (Å²) in [4.78, 5) is 10.2. The van der Waals surface area contributed by atoms with E-state index in [1.54, 1.807) is 4.90 Å². The number of anilines is 1. The predicted molar refractivity (Wildman–Crippen MR) is 89.6 cm³/mol. The molecule has 0 saturated heterocycles. The molecule has 1 aliphatic carbocycles. The van der Waals surface area contributed by atoms with E-state index in [0.717, 1.165) is 19.3 Å². The van der Waals surface area contributed by atoms with Crippen molar-refractivity contribution in [2.24, 2.45) is 21.5 Å². The highest BCUT2D eigenvalue weighted by Gasteiger charge is 2.44. The van der Waals surface area contributed by atoms with Crippen molar-refractivity contribution in [3.05, 3.63) is 24.3 Å². The summed E-state index contributed by atoms with van der Waals surface area (Å²) in [7, 11) is 0. The molecular weight excluding hydrogens is 354 g/mol. The van der Waals surface area contributed by atoms with Crippen molar-refractivity contribution in [3.63, 3.8) is 0 Å². The van der Waals surface area contributed by atoms with Crippen LogP contribution in [-0.4, -0.2) is 30.1 Å². The summed E-state index contributed by atoms with van der Waals surface area (Å²) < 4.78 is 54.6. The minimum atomic E-state index is -4.56. The molecule has 0 aromatic heterocycles. The zero-order chi connectivity index (χ0) is 18.9. The Balaban J connectivity index is 1.88. The largest absolute Gasteiger partial charge is 0.461 e. The van der Waals surface area contributed by atoms with Gasteiger partial charge in [-0.1, -0.05) is 6.42 Å². The van der Waals surface area contributed by atoms with Crippen LogP contribution in [0.3, 0.4) is 0 Å². The summed E-state index contributed by atoms with van der Waals surface area (Å²) in [5.41, 5.74) is 11.7. The quantitative estimate of drug-likeness (QED) is 0.794. The molecule has 0 unspecified atom stereocenters. The van der Waals surface area contributed by atoms with Crippen molar-refractivity contribution in [2.75, 3.05) is 4.90 Å². The molecule has 6 nitrogen and oxygen atoms in total. The van der Waals surface area contributed by atoms with Crippen molar-refractivity contribution < 1.29 is 22.3 Å². The monoisotopic (exact) mass is 373 g/mol. The first-order chi connectivity index (χ1) is 12.2. The van der Waals surface area contributed by atoms with Gasteiger partial charge in [-0.15, -0.1) is 0 Å². The minimum absolute atomic E-state index is 0.0946. The SMILES string of the molecule is NC1=NC2(CCCCC2)N(c2ccc(OC(F)(F)C(F)F)cc2)C(N)=N1. The van der Waals surface area contributed by atoms with E-state index in [-0.39, 0.29) is 17.7 Å². The lowest BCUT2D eigenvalue weighted by Gasteiger charge is -2.45. The summed E-state index contributed by atoms with van der Waals surface area (Å²) >= 11 is 0. The number of nitrogens with two attached hydrogens (primary N) is 2. The van der Waals surface area contributed by atoms with E-state index < -0.39 is 18.2 Å². The molecule has 142 valence electrons. The van der Waals surface area contributed by atoms with Crippen molar-refractivity contribution in [3.8, 4) is 5.75 Å². The van der Waals surface area contributed by atoms with Gasteiger partial charge in [0.05, 0.1) is 0 Å². The van der Waals surface area contributed by atoms with Crippen LogP contribution in [0.2, 0.25) is 0 Å². The Labute approximate surface area is 147 Å². The maximum Gasteiger partial charge on any atom is 0.461 e. The highest BCUT2D eigenvalue weighted by molar-refractivity contribution is 6.05. The van der Waals surface area contributed by atoms with Gasteiger partial charge in [0.1, 0.15) is 11.4 Å². The van der Waals surface area contributed by atoms with E-state index in [2.05, 4.69) is 14.7 Å². The summed E-state index contributed by atoms with van der Waals surface area (Å²) in [5, 5.41) is 0. The molecule has 26 heavy (non-hydrogen) atoms. The molecule has 1 aromatic carbocycles. The predicted octanol–water partition coefficient (Wildman–Crippen LogP) is 3.03. The summed E-state index contributed by atoms with van der Waals surface area (Å²) in [6.45, 7) is 0. The molecule has 1 saturated carbocycles. The molecule has 1 aromatic rings.